The van der Waals surface area contributed by atoms with Crippen LogP contribution in [0, 0.1) is 0 Å². The number of rotatable bonds is 8. The fourth-order valence-corrected chi connectivity index (χ4v) is 2.47. The summed E-state index contributed by atoms with van der Waals surface area (Å²) in [7, 11) is 4.59. The molecule has 2 rings (SSSR count). The van der Waals surface area contributed by atoms with E-state index in [0.29, 0.717) is 28.5 Å². The van der Waals surface area contributed by atoms with Crippen molar-refractivity contribution >= 4 is 17.6 Å². The minimum atomic E-state index is -0.441. The maximum absolute atomic E-state index is 12.3. The zero-order valence-corrected chi connectivity index (χ0v) is 16.4. The van der Waals surface area contributed by atoms with Crippen LogP contribution in [0.5, 0.6) is 17.2 Å². The molecule has 0 radical (unpaired) electrons. The molecule has 0 aromatic heterocycles. The average Bonchev–Trinajstić information content (AvgIpc) is 2.71. The number of nitrogens with one attached hydrogen (secondary N) is 3. The van der Waals surface area contributed by atoms with Crippen LogP contribution in [0.1, 0.15) is 17.3 Å². The van der Waals surface area contributed by atoms with Gasteiger partial charge in [0.15, 0.2) is 11.5 Å². The number of para-hydroxylation sites is 2. The molecule has 0 bridgehead atoms. The van der Waals surface area contributed by atoms with Gasteiger partial charge in [0.1, 0.15) is 12.4 Å². The molecule has 8 heteroatoms. The fraction of sp³-hybridized carbons (Fsp3) is 0.300. The first-order valence-corrected chi connectivity index (χ1v) is 8.72. The molecule has 8 nitrogen and oxygen atoms in total. The number of benzene rings is 2. The van der Waals surface area contributed by atoms with E-state index in [1.54, 1.807) is 37.4 Å². The van der Waals surface area contributed by atoms with Crippen LogP contribution in [-0.2, 0) is 0 Å². The van der Waals surface area contributed by atoms with Crippen molar-refractivity contribution in [2.75, 3.05) is 33.2 Å². The molecule has 150 valence electrons. The van der Waals surface area contributed by atoms with Crippen LogP contribution in [0.15, 0.2) is 42.5 Å². The molecule has 0 aliphatic rings. The van der Waals surface area contributed by atoms with E-state index in [-0.39, 0.29) is 18.6 Å². The van der Waals surface area contributed by atoms with Crippen LogP contribution >= 0.6 is 0 Å². The Labute approximate surface area is 164 Å². The number of carbonyl (C=O) groups excluding carboxylic acids is 2. The number of ether oxygens (including phenoxy) is 3. The van der Waals surface area contributed by atoms with E-state index < -0.39 is 6.03 Å². The van der Waals surface area contributed by atoms with Gasteiger partial charge in [-0.3, -0.25) is 4.79 Å². The van der Waals surface area contributed by atoms with Crippen molar-refractivity contribution in [3.63, 3.8) is 0 Å². The number of hydrogen-bond donors (Lipinski definition) is 3. The van der Waals surface area contributed by atoms with Gasteiger partial charge in [-0.25, -0.2) is 4.79 Å². The van der Waals surface area contributed by atoms with E-state index in [9.17, 15) is 9.59 Å². The second-order valence-corrected chi connectivity index (χ2v) is 5.96. The van der Waals surface area contributed by atoms with Gasteiger partial charge in [-0.1, -0.05) is 12.1 Å². The number of amides is 3. The van der Waals surface area contributed by atoms with Gasteiger partial charge in [-0.15, -0.1) is 0 Å². The van der Waals surface area contributed by atoms with E-state index in [4.69, 9.17) is 14.2 Å². The normalized spacial score (nSPS) is 11.1. The molecule has 0 heterocycles. The lowest BCUT2D eigenvalue weighted by molar-refractivity contribution is 0.0963. The third-order valence-corrected chi connectivity index (χ3v) is 3.87. The average molecular weight is 387 g/mol. The van der Waals surface area contributed by atoms with Crippen LogP contribution in [0.4, 0.5) is 10.5 Å². The lowest BCUT2D eigenvalue weighted by atomic mass is 10.1. The highest BCUT2D eigenvalue weighted by Gasteiger charge is 2.14. The monoisotopic (exact) mass is 387 g/mol. The van der Waals surface area contributed by atoms with Gasteiger partial charge in [-0.05, 0) is 37.3 Å². The quantitative estimate of drug-likeness (QED) is 0.647. The summed E-state index contributed by atoms with van der Waals surface area (Å²) in [6.45, 7) is 2.07. The molecular weight excluding hydrogens is 362 g/mol. The number of methoxy groups -OCH3 is 2. The predicted molar refractivity (Wildman–Crippen MR) is 106 cm³/mol. The maximum atomic E-state index is 12.3. The van der Waals surface area contributed by atoms with Crippen LogP contribution in [-0.4, -0.2) is 45.9 Å². The number of hydrogen-bond acceptors (Lipinski definition) is 5. The van der Waals surface area contributed by atoms with Crippen LogP contribution < -0.4 is 30.2 Å². The van der Waals surface area contributed by atoms with E-state index in [1.165, 1.54) is 14.2 Å². The minimum absolute atomic E-state index is 0.253. The Bertz CT molecular complexity index is 825. The highest BCUT2D eigenvalue weighted by molar-refractivity contribution is 5.97. The molecule has 28 heavy (non-hydrogen) atoms. The van der Waals surface area contributed by atoms with Gasteiger partial charge in [0.05, 0.1) is 25.9 Å². The van der Waals surface area contributed by atoms with Gasteiger partial charge >= 0.3 is 6.03 Å². The molecule has 1 atom stereocenters. The highest BCUT2D eigenvalue weighted by Crippen LogP contribution is 2.26. The first-order chi connectivity index (χ1) is 13.5. The van der Waals surface area contributed by atoms with Crippen molar-refractivity contribution < 1.29 is 23.8 Å². The predicted octanol–water partition coefficient (Wildman–Crippen LogP) is 2.65. The summed E-state index contributed by atoms with van der Waals surface area (Å²) in [6, 6.07) is 11.3. The Balaban J connectivity index is 1.96. The van der Waals surface area contributed by atoms with Gasteiger partial charge in [0.25, 0.3) is 5.91 Å². The lowest BCUT2D eigenvalue weighted by Gasteiger charge is -2.18. The summed E-state index contributed by atoms with van der Waals surface area (Å²) in [5, 5.41) is 8.01. The smallest absolute Gasteiger partial charge is 0.319 e. The third kappa shape index (κ3) is 5.54. The summed E-state index contributed by atoms with van der Waals surface area (Å²) in [4.78, 5) is 24.1. The van der Waals surface area contributed by atoms with Crippen molar-refractivity contribution in [2.24, 2.45) is 0 Å². The molecule has 0 aliphatic carbocycles. The van der Waals surface area contributed by atoms with E-state index in [2.05, 4.69) is 16.0 Å². The molecule has 1 unspecified atom stereocenters. The van der Waals surface area contributed by atoms with Crippen molar-refractivity contribution in [3.8, 4) is 17.2 Å². The largest absolute Gasteiger partial charge is 0.495 e. The van der Waals surface area contributed by atoms with Gasteiger partial charge in [0, 0.05) is 12.6 Å². The number of carbonyl (C=O) groups is 2. The number of anilines is 1. The Morgan fingerprint density at radius 3 is 2.32 bits per heavy atom. The standard InChI is InChI=1S/C20H25N3O5/c1-13(12-28-18-8-6-5-7-17(18)27-4)22-20(25)23-15-11-14(19(24)21-2)9-10-16(15)26-3/h5-11,13H,12H2,1-4H3,(H,21,24)(H2,22,23,25). The van der Waals surface area contributed by atoms with Crippen molar-refractivity contribution in [3.05, 3.63) is 48.0 Å². The van der Waals surface area contributed by atoms with Crippen LogP contribution in [0.25, 0.3) is 0 Å². The molecular formula is C20H25N3O5. The van der Waals surface area contributed by atoms with Crippen molar-refractivity contribution in [2.45, 2.75) is 13.0 Å². The van der Waals surface area contributed by atoms with Crippen LogP contribution in [0.2, 0.25) is 0 Å². The topological polar surface area (TPSA) is 97.9 Å². The molecule has 0 saturated heterocycles. The van der Waals surface area contributed by atoms with E-state index in [1.807, 2.05) is 19.1 Å². The Kier molecular flexibility index (Phi) is 7.50. The summed E-state index contributed by atoms with van der Waals surface area (Å²) in [6.07, 6.45) is 0. The summed E-state index contributed by atoms with van der Waals surface area (Å²) >= 11 is 0. The lowest BCUT2D eigenvalue weighted by Crippen LogP contribution is -2.39. The first kappa shape index (κ1) is 20.9. The number of urea groups is 1. The van der Waals surface area contributed by atoms with Gasteiger partial charge in [-0.2, -0.15) is 0 Å². The zero-order chi connectivity index (χ0) is 20.5. The fourth-order valence-electron chi connectivity index (χ4n) is 2.47. The molecule has 3 amide bonds. The molecule has 0 saturated carbocycles. The Hall–Kier alpha value is -3.42. The molecule has 0 spiro atoms. The summed E-state index contributed by atoms with van der Waals surface area (Å²) in [5.74, 6) is 1.40. The van der Waals surface area contributed by atoms with Gasteiger partial charge < -0.3 is 30.2 Å². The molecule has 3 N–H and O–H groups in total. The van der Waals surface area contributed by atoms with Crippen LogP contribution in [0.3, 0.4) is 0 Å². The van der Waals surface area contributed by atoms with E-state index in [0.717, 1.165) is 0 Å². The zero-order valence-electron chi connectivity index (χ0n) is 16.4. The minimum Gasteiger partial charge on any atom is -0.495 e. The van der Waals surface area contributed by atoms with Crippen molar-refractivity contribution in [1.82, 2.24) is 10.6 Å². The van der Waals surface area contributed by atoms with Crippen molar-refractivity contribution in [1.29, 1.82) is 0 Å². The first-order valence-electron chi connectivity index (χ1n) is 8.72. The summed E-state index contributed by atoms with van der Waals surface area (Å²) < 4.78 is 16.2. The molecule has 2 aromatic carbocycles. The second kappa shape index (κ2) is 10.1. The SMILES string of the molecule is CNC(=O)c1ccc(OC)c(NC(=O)NC(C)COc2ccccc2OC)c1. The second-order valence-electron chi connectivity index (χ2n) is 5.96. The van der Waals surface area contributed by atoms with E-state index >= 15 is 0 Å². The Morgan fingerprint density at radius 1 is 1.00 bits per heavy atom. The van der Waals surface area contributed by atoms with Gasteiger partial charge in [0.2, 0.25) is 0 Å². The molecule has 0 aliphatic heterocycles. The Morgan fingerprint density at radius 2 is 1.68 bits per heavy atom. The maximum Gasteiger partial charge on any atom is 0.319 e. The summed E-state index contributed by atoms with van der Waals surface area (Å²) in [5.41, 5.74) is 0.796. The molecule has 0 fully saturated rings. The highest BCUT2D eigenvalue weighted by atomic mass is 16.5. The molecule has 2 aromatic rings. The third-order valence-electron chi connectivity index (χ3n) is 3.87.